The molecule has 0 saturated carbocycles. The van der Waals surface area contributed by atoms with Gasteiger partial charge in [-0.2, -0.15) is 5.10 Å². The zero-order valence-electron chi connectivity index (χ0n) is 10.5. The molecule has 1 aromatic carbocycles. The molecule has 0 unspecified atom stereocenters. The number of hydrogen-bond donors (Lipinski definition) is 2. The van der Waals surface area contributed by atoms with Crippen molar-refractivity contribution in [2.24, 2.45) is 12.8 Å². The van der Waals surface area contributed by atoms with Gasteiger partial charge in [-0.15, -0.1) is 0 Å². The van der Waals surface area contributed by atoms with Crippen LogP contribution >= 0.6 is 12.2 Å². The summed E-state index contributed by atoms with van der Waals surface area (Å²) in [7, 11) is 1.92. The lowest BCUT2D eigenvalue weighted by Crippen LogP contribution is -2.14. The third kappa shape index (κ3) is 2.68. The summed E-state index contributed by atoms with van der Waals surface area (Å²) in [6, 6.07) is 7.97. The largest absolute Gasteiger partial charge is 0.389 e. The van der Waals surface area contributed by atoms with Crippen molar-refractivity contribution in [3.05, 3.63) is 47.3 Å². The molecule has 0 amide bonds. The topological polar surface area (TPSA) is 55.9 Å². The first kappa shape index (κ1) is 12.6. The van der Waals surface area contributed by atoms with E-state index in [1.54, 1.807) is 6.20 Å². The number of nitrogens with two attached hydrogens (primary N) is 1. The van der Waals surface area contributed by atoms with Gasteiger partial charge in [0, 0.05) is 24.5 Å². The van der Waals surface area contributed by atoms with Gasteiger partial charge in [-0.25, -0.2) is 0 Å². The Balaban J connectivity index is 2.20. The Morgan fingerprint density at radius 2 is 2.22 bits per heavy atom. The summed E-state index contributed by atoms with van der Waals surface area (Å²) >= 11 is 5.05. The van der Waals surface area contributed by atoms with Crippen LogP contribution in [0.1, 0.15) is 16.8 Å². The lowest BCUT2D eigenvalue weighted by atomic mass is 10.1. The van der Waals surface area contributed by atoms with E-state index in [0.29, 0.717) is 11.5 Å². The van der Waals surface area contributed by atoms with E-state index in [4.69, 9.17) is 18.0 Å². The number of rotatable bonds is 4. The van der Waals surface area contributed by atoms with Gasteiger partial charge in [0.05, 0.1) is 12.2 Å². The molecular formula is C13H16N4S. The number of aryl methyl sites for hydroxylation is 2. The molecule has 5 heteroatoms. The summed E-state index contributed by atoms with van der Waals surface area (Å²) in [5.41, 5.74) is 9.82. The Bertz CT molecular complexity index is 574. The molecule has 0 spiro atoms. The van der Waals surface area contributed by atoms with E-state index in [0.717, 1.165) is 16.9 Å². The van der Waals surface area contributed by atoms with Crippen LogP contribution in [-0.4, -0.2) is 14.8 Å². The zero-order chi connectivity index (χ0) is 13.1. The fraction of sp³-hybridized carbons (Fsp3) is 0.231. The molecule has 0 fully saturated rings. The van der Waals surface area contributed by atoms with Crippen LogP contribution in [0.4, 0.5) is 5.69 Å². The van der Waals surface area contributed by atoms with Gasteiger partial charge in [0.25, 0.3) is 0 Å². The minimum Gasteiger partial charge on any atom is -0.389 e. The SMILES string of the molecule is Cc1ccc(C(N)=S)c(NCc2ccnn2C)c1. The molecule has 0 radical (unpaired) electrons. The lowest BCUT2D eigenvalue weighted by molar-refractivity contribution is 0.720. The van der Waals surface area contributed by atoms with Crippen LogP contribution in [0, 0.1) is 6.92 Å². The smallest absolute Gasteiger partial charge is 0.106 e. The second-order valence-electron chi connectivity index (χ2n) is 4.21. The van der Waals surface area contributed by atoms with E-state index in [1.165, 1.54) is 5.56 Å². The van der Waals surface area contributed by atoms with E-state index in [1.807, 2.05) is 42.9 Å². The monoisotopic (exact) mass is 260 g/mol. The first-order valence-electron chi connectivity index (χ1n) is 5.69. The summed E-state index contributed by atoms with van der Waals surface area (Å²) in [5, 5.41) is 7.48. The summed E-state index contributed by atoms with van der Waals surface area (Å²) in [5.74, 6) is 0. The van der Waals surface area contributed by atoms with Crippen molar-refractivity contribution >= 4 is 22.9 Å². The van der Waals surface area contributed by atoms with Gasteiger partial charge in [0.15, 0.2) is 0 Å². The predicted molar refractivity (Wildman–Crippen MR) is 77.6 cm³/mol. The van der Waals surface area contributed by atoms with Crippen molar-refractivity contribution in [2.45, 2.75) is 13.5 Å². The molecule has 1 aromatic heterocycles. The van der Waals surface area contributed by atoms with E-state index < -0.39 is 0 Å². The third-order valence-corrected chi connectivity index (χ3v) is 3.04. The molecule has 2 aromatic rings. The average molecular weight is 260 g/mol. The summed E-state index contributed by atoms with van der Waals surface area (Å²) in [6.45, 7) is 2.73. The average Bonchev–Trinajstić information content (AvgIpc) is 2.72. The third-order valence-electron chi connectivity index (χ3n) is 2.82. The highest BCUT2D eigenvalue weighted by molar-refractivity contribution is 7.80. The first-order valence-corrected chi connectivity index (χ1v) is 6.10. The molecule has 0 aliphatic carbocycles. The Labute approximate surface area is 112 Å². The number of nitrogens with zero attached hydrogens (tertiary/aromatic N) is 2. The number of hydrogen-bond acceptors (Lipinski definition) is 3. The van der Waals surface area contributed by atoms with Crippen molar-refractivity contribution in [3.63, 3.8) is 0 Å². The summed E-state index contributed by atoms with van der Waals surface area (Å²) in [4.78, 5) is 0.405. The van der Waals surface area contributed by atoms with Gasteiger partial charge in [-0.05, 0) is 30.7 Å². The van der Waals surface area contributed by atoms with Crippen LogP contribution in [0.25, 0.3) is 0 Å². The van der Waals surface area contributed by atoms with Crippen LogP contribution in [0.3, 0.4) is 0 Å². The Kier molecular flexibility index (Phi) is 3.62. The molecule has 18 heavy (non-hydrogen) atoms. The summed E-state index contributed by atoms with van der Waals surface area (Å²) < 4.78 is 1.84. The minimum atomic E-state index is 0.405. The molecule has 0 aliphatic rings. The fourth-order valence-electron chi connectivity index (χ4n) is 1.78. The number of anilines is 1. The maximum absolute atomic E-state index is 5.72. The number of nitrogens with one attached hydrogen (secondary N) is 1. The highest BCUT2D eigenvalue weighted by Gasteiger charge is 2.06. The van der Waals surface area contributed by atoms with Crippen molar-refractivity contribution in [1.29, 1.82) is 0 Å². The second kappa shape index (κ2) is 5.18. The van der Waals surface area contributed by atoms with Crippen LogP contribution in [0.15, 0.2) is 30.5 Å². The zero-order valence-corrected chi connectivity index (χ0v) is 11.3. The van der Waals surface area contributed by atoms with E-state index in [9.17, 15) is 0 Å². The Morgan fingerprint density at radius 1 is 1.44 bits per heavy atom. The van der Waals surface area contributed by atoms with Gasteiger partial charge in [-0.1, -0.05) is 18.3 Å². The fourth-order valence-corrected chi connectivity index (χ4v) is 1.96. The Hall–Kier alpha value is -1.88. The molecule has 2 rings (SSSR count). The van der Waals surface area contributed by atoms with Crippen molar-refractivity contribution in [3.8, 4) is 0 Å². The number of thiocarbonyl (C=S) groups is 1. The van der Waals surface area contributed by atoms with Crippen molar-refractivity contribution in [1.82, 2.24) is 9.78 Å². The van der Waals surface area contributed by atoms with Crippen molar-refractivity contribution < 1.29 is 0 Å². The number of benzene rings is 1. The minimum absolute atomic E-state index is 0.405. The maximum Gasteiger partial charge on any atom is 0.106 e. The van der Waals surface area contributed by atoms with Crippen LogP contribution in [0.2, 0.25) is 0 Å². The number of aromatic nitrogens is 2. The van der Waals surface area contributed by atoms with Gasteiger partial charge < -0.3 is 11.1 Å². The van der Waals surface area contributed by atoms with Gasteiger partial charge in [-0.3, -0.25) is 4.68 Å². The quantitative estimate of drug-likeness (QED) is 0.825. The normalized spacial score (nSPS) is 10.3. The van der Waals surface area contributed by atoms with Crippen LogP contribution in [-0.2, 0) is 13.6 Å². The molecular weight excluding hydrogens is 244 g/mol. The highest BCUT2D eigenvalue weighted by atomic mass is 32.1. The van der Waals surface area contributed by atoms with Gasteiger partial charge >= 0.3 is 0 Å². The molecule has 0 bridgehead atoms. The highest BCUT2D eigenvalue weighted by Crippen LogP contribution is 2.18. The van der Waals surface area contributed by atoms with Gasteiger partial charge in [0.1, 0.15) is 4.99 Å². The standard InChI is InChI=1S/C13H16N4S/c1-9-3-4-11(13(14)18)12(7-9)15-8-10-5-6-16-17(10)2/h3-7,15H,8H2,1-2H3,(H2,14,18). The van der Waals surface area contributed by atoms with E-state index in [2.05, 4.69) is 10.4 Å². The molecule has 0 aliphatic heterocycles. The first-order chi connectivity index (χ1) is 8.58. The molecule has 0 saturated heterocycles. The molecule has 0 atom stereocenters. The van der Waals surface area contributed by atoms with E-state index >= 15 is 0 Å². The second-order valence-corrected chi connectivity index (χ2v) is 4.65. The summed E-state index contributed by atoms with van der Waals surface area (Å²) in [6.07, 6.45) is 1.78. The molecule has 4 nitrogen and oxygen atoms in total. The Morgan fingerprint density at radius 3 is 2.83 bits per heavy atom. The van der Waals surface area contributed by atoms with Crippen molar-refractivity contribution in [2.75, 3.05) is 5.32 Å². The molecule has 3 N–H and O–H groups in total. The van der Waals surface area contributed by atoms with E-state index in [-0.39, 0.29) is 0 Å². The van der Waals surface area contributed by atoms with Gasteiger partial charge in [0.2, 0.25) is 0 Å². The lowest BCUT2D eigenvalue weighted by Gasteiger charge is -2.12. The molecule has 1 heterocycles. The molecule has 94 valence electrons. The maximum atomic E-state index is 5.72. The van der Waals surface area contributed by atoms with Crippen LogP contribution in [0.5, 0.6) is 0 Å². The van der Waals surface area contributed by atoms with Crippen LogP contribution < -0.4 is 11.1 Å². The predicted octanol–water partition coefficient (Wildman–Crippen LogP) is 1.97.